The van der Waals surface area contributed by atoms with Crippen LogP contribution in [-0.4, -0.2) is 29.4 Å². The molecular weight excluding hydrogens is 340 g/mol. The predicted octanol–water partition coefficient (Wildman–Crippen LogP) is 3.50. The van der Waals surface area contributed by atoms with Crippen molar-refractivity contribution in [1.29, 1.82) is 0 Å². The number of rotatable bonds is 4. The lowest BCUT2D eigenvalue weighted by atomic mass is 9.96. The fraction of sp³-hybridized carbons (Fsp3) is 0.611. The number of hydrogen-bond donors (Lipinski definition) is 2. The average molecular weight is 368 g/mol. The highest BCUT2D eigenvalue weighted by Crippen LogP contribution is 2.29. The highest BCUT2D eigenvalue weighted by atomic mass is 32.1. The van der Waals surface area contributed by atoms with Gasteiger partial charge in [0, 0.05) is 11.0 Å². The van der Waals surface area contributed by atoms with Crippen LogP contribution < -0.4 is 10.6 Å². The number of thiophene rings is 1. The maximum atomic E-state index is 12.3. The van der Waals surface area contributed by atoms with Gasteiger partial charge in [0.05, 0.1) is 5.00 Å². The third-order valence-electron chi connectivity index (χ3n) is 3.17. The standard InChI is InChI=1S/C18H28N2O4S/c1-10-9-12(19-16(23)17(3,4)5)25-13(10)15(22)24-11(2)14(21)20-18(6,7)8/h9,11H,1-8H3,(H,19,23)(H,20,21)/t11-/m0/s1. The van der Waals surface area contributed by atoms with Crippen LogP contribution in [0.4, 0.5) is 5.00 Å². The highest BCUT2D eigenvalue weighted by molar-refractivity contribution is 7.18. The number of amides is 2. The lowest BCUT2D eigenvalue weighted by Gasteiger charge is -2.23. The lowest BCUT2D eigenvalue weighted by Crippen LogP contribution is -2.46. The monoisotopic (exact) mass is 368 g/mol. The van der Waals surface area contributed by atoms with Crippen molar-refractivity contribution >= 4 is 34.1 Å². The molecule has 2 amide bonds. The van der Waals surface area contributed by atoms with E-state index in [9.17, 15) is 14.4 Å². The molecule has 6 nitrogen and oxygen atoms in total. The first kappa shape index (κ1) is 21.2. The molecule has 0 saturated heterocycles. The van der Waals surface area contributed by atoms with E-state index in [0.29, 0.717) is 15.4 Å². The van der Waals surface area contributed by atoms with Crippen LogP contribution in [0.5, 0.6) is 0 Å². The molecule has 1 rings (SSSR count). The Morgan fingerprint density at radius 2 is 1.68 bits per heavy atom. The summed E-state index contributed by atoms with van der Waals surface area (Å²) in [5.41, 5.74) is -0.235. The van der Waals surface area contributed by atoms with E-state index in [1.165, 1.54) is 6.92 Å². The number of carbonyl (C=O) groups excluding carboxylic acids is 3. The zero-order valence-electron chi connectivity index (χ0n) is 16.2. The van der Waals surface area contributed by atoms with Gasteiger partial charge >= 0.3 is 5.97 Å². The van der Waals surface area contributed by atoms with Crippen molar-refractivity contribution in [2.45, 2.75) is 67.0 Å². The number of esters is 1. The molecule has 0 unspecified atom stereocenters. The summed E-state index contributed by atoms with van der Waals surface area (Å²) in [6.45, 7) is 14.3. The summed E-state index contributed by atoms with van der Waals surface area (Å²) in [5, 5.41) is 6.15. The van der Waals surface area contributed by atoms with Crippen molar-refractivity contribution < 1.29 is 19.1 Å². The van der Waals surface area contributed by atoms with E-state index in [0.717, 1.165) is 11.3 Å². The van der Waals surface area contributed by atoms with Gasteiger partial charge in [-0.2, -0.15) is 0 Å². The Morgan fingerprint density at radius 3 is 2.16 bits per heavy atom. The van der Waals surface area contributed by atoms with Gasteiger partial charge in [-0.3, -0.25) is 9.59 Å². The zero-order valence-corrected chi connectivity index (χ0v) is 17.0. The van der Waals surface area contributed by atoms with Gasteiger partial charge in [0.1, 0.15) is 4.88 Å². The minimum absolute atomic E-state index is 0.133. The van der Waals surface area contributed by atoms with Crippen LogP contribution in [0.1, 0.15) is 63.7 Å². The Labute approximate surface area is 153 Å². The van der Waals surface area contributed by atoms with Gasteiger partial charge in [0.15, 0.2) is 6.10 Å². The Bertz CT molecular complexity index is 666. The van der Waals surface area contributed by atoms with Gasteiger partial charge in [-0.05, 0) is 46.2 Å². The van der Waals surface area contributed by atoms with E-state index in [1.54, 1.807) is 13.0 Å². The van der Waals surface area contributed by atoms with Crippen molar-refractivity contribution in [2.24, 2.45) is 5.41 Å². The number of carbonyl (C=O) groups is 3. The minimum atomic E-state index is -0.902. The number of hydrogen-bond acceptors (Lipinski definition) is 5. The second kappa shape index (κ2) is 7.56. The molecule has 0 saturated carbocycles. The molecule has 140 valence electrons. The lowest BCUT2D eigenvalue weighted by molar-refractivity contribution is -0.130. The van der Waals surface area contributed by atoms with Crippen LogP contribution in [0.3, 0.4) is 0 Å². The summed E-state index contributed by atoms with van der Waals surface area (Å²) in [5.74, 6) is -1.06. The summed E-state index contributed by atoms with van der Waals surface area (Å²) in [4.78, 5) is 36.8. The van der Waals surface area contributed by atoms with Gasteiger partial charge in [-0.1, -0.05) is 20.8 Å². The molecule has 0 radical (unpaired) electrons. The minimum Gasteiger partial charge on any atom is -0.448 e. The van der Waals surface area contributed by atoms with Crippen LogP contribution in [0.25, 0.3) is 0 Å². The molecule has 0 aromatic carbocycles. The van der Waals surface area contributed by atoms with Gasteiger partial charge in [-0.15, -0.1) is 11.3 Å². The average Bonchev–Trinajstić information content (AvgIpc) is 2.76. The van der Waals surface area contributed by atoms with Crippen LogP contribution in [-0.2, 0) is 14.3 Å². The van der Waals surface area contributed by atoms with Crippen molar-refractivity contribution in [3.05, 3.63) is 16.5 Å². The Hall–Kier alpha value is -1.89. The molecule has 0 fully saturated rings. The summed E-state index contributed by atoms with van der Waals surface area (Å²) >= 11 is 1.14. The molecule has 7 heteroatoms. The second-order valence-electron chi connectivity index (χ2n) is 8.11. The molecule has 2 N–H and O–H groups in total. The molecule has 1 aromatic heterocycles. The first-order valence-corrected chi connectivity index (χ1v) is 8.97. The Morgan fingerprint density at radius 1 is 1.12 bits per heavy atom. The normalized spacial score (nSPS) is 13.1. The molecule has 0 aliphatic carbocycles. The van der Waals surface area contributed by atoms with Gasteiger partial charge in [0.25, 0.3) is 5.91 Å². The predicted molar refractivity (Wildman–Crippen MR) is 99.9 cm³/mol. The Balaban J connectivity index is 2.80. The van der Waals surface area contributed by atoms with Crippen LogP contribution in [0.15, 0.2) is 6.07 Å². The fourth-order valence-electron chi connectivity index (χ4n) is 1.78. The van der Waals surface area contributed by atoms with Crippen molar-refractivity contribution in [3.63, 3.8) is 0 Å². The van der Waals surface area contributed by atoms with E-state index in [4.69, 9.17) is 4.74 Å². The van der Waals surface area contributed by atoms with Crippen molar-refractivity contribution in [2.75, 3.05) is 5.32 Å². The smallest absolute Gasteiger partial charge is 0.349 e. The third-order valence-corrected chi connectivity index (χ3v) is 4.30. The molecule has 25 heavy (non-hydrogen) atoms. The molecule has 0 spiro atoms. The van der Waals surface area contributed by atoms with Gasteiger partial charge in [0.2, 0.25) is 5.91 Å². The van der Waals surface area contributed by atoms with Gasteiger partial charge in [-0.25, -0.2) is 4.79 Å². The maximum Gasteiger partial charge on any atom is 0.349 e. The first-order valence-electron chi connectivity index (χ1n) is 8.15. The molecule has 0 aliphatic rings. The molecule has 0 aliphatic heterocycles. The highest BCUT2D eigenvalue weighted by Gasteiger charge is 2.26. The molecular formula is C18H28N2O4S. The van der Waals surface area contributed by atoms with Crippen molar-refractivity contribution in [1.82, 2.24) is 5.32 Å². The Kier molecular flexibility index (Phi) is 6.39. The molecule has 1 heterocycles. The molecule has 0 bridgehead atoms. The van der Waals surface area contributed by atoms with E-state index in [-0.39, 0.29) is 11.8 Å². The summed E-state index contributed by atoms with van der Waals surface area (Å²) in [6, 6.07) is 1.73. The molecule has 1 aromatic rings. The van der Waals surface area contributed by atoms with Gasteiger partial charge < -0.3 is 15.4 Å². The zero-order chi connectivity index (χ0) is 19.6. The van der Waals surface area contributed by atoms with E-state index in [1.807, 2.05) is 41.5 Å². The number of aryl methyl sites for hydroxylation is 1. The van der Waals surface area contributed by atoms with E-state index < -0.39 is 23.0 Å². The quantitative estimate of drug-likeness (QED) is 0.797. The third kappa shape index (κ3) is 6.49. The number of nitrogens with one attached hydrogen (secondary N) is 2. The summed E-state index contributed by atoms with van der Waals surface area (Å²) in [6.07, 6.45) is -0.902. The number of ether oxygens (including phenoxy) is 1. The largest absolute Gasteiger partial charge is 0.448 e. The summed E-state index contributed by atoms with van der Waals surface area (Å²) in [7, 11) is 0. The van der Waals surface area contributed by atoms with E-state index >= 15 is 0 Å². The van der Waals surface area contributed by atoms with Crippen molar-refractivity contribution in [3.8, 4) is 0 Å². The summed E-state index contributed by atoms with van der Waals surface area (Å²) < 4.78 is 5.26. The van der Waals surface area contributed by atoms with Crippen LogP contribution in [0, 0.1) is 12.3 Å². The first-order chi connectivity index (χ1) is 11.2. The maximum absolute atomic E-state index is 12.3. The second-order valence-corrected chi connectivity index (χ2v) is 9.17. The van der Waals surface area contributed by atoms with E-state index in [2.05, 4.69) is 10.6 Å². The van der Waals surface area contributed by atoms with Crippen LogP contribution >= 0.6 is 11.3 Å². The fourth-order valence-corrected chi connectivity index (χ4v) is 2.74. The SMILES string of the molecule is Cc1cc(NC(=O)C(C)(C)C)sc1C(=O)O[C@@H](C)C(=O)NC(C)(C)C. The number of anilines is 1. The topological polar surface area (TPSA) is 84.5 Å². The molecule has 1 atom stereocenters. The van der Waals surface area contributed by atoms with Crippen LogP contribution in [0.2, 0.25) is 0 Å².